The highest BCUT2D eigenvalue weighted by Gasteiger charge is 2.33. The molecule has 0 aromatic heterocycles. The van der Waals surface area contributed by atoms with E-state index in [0.717, 1.165) is 5.56 Å². The molecule has 7 heteroatoms. The van der Waals surface area contributed by atoms with Gasteiger partial charge < -0.3 is 5.32 Å². The smallest absolute Gasteiger partial charge is 0.231 e. The van der Waals surface area contributed by atoms with E-state index in [1.54, 1.807) is 0 Å². The first-order chi connectivity index (χ1) is 8.93. The average Bonchev–Trinajstić information content (AvgIpc) is 2.36. The third kappa shape index (κ3) is 6.37. The quantitative estimate of drug-likeness (QED) is 0.507. The van der Waals surface area contributed by atoms with Crippen molar-refractivity contribution in [1.82, 2.24) is 5.32 Å². The number of carbonyl (C=O) groups excluding carboxylic acids is 1. The number of hydrogen-bond donors (Lipinski definition) is 1. The van der Waals surface area contributed by atoms with Gasteiger partial charge in [-0.3, -0.25) is 4.79 Å². The first kappa shape index (κ1) is 16.4. The summed E-state index contributed by atoms with van der Waals surface area (Å²) >= 11 is 21.5. The Morgan fingerprint density at radius 1 is 1.37 bits per heavy atom. The summed E-state index contributed by atoms with van der Waals surface area (Å²) in [4.78, 5) is 15.4. The summed E-state index contributed by atoms with van der Waals surface area (Å²) in [5.74, 6) is -0.269. The van der Waals surface area contributed by atoms with Crippen molar-refractivity contribution in [3.05, 3.63) is 35.9 Å². The molecule has 1 atom stereocenters. The molecular formula is C12H11Cl3N2OS. The zero-order valence-corrected chi connectivity index (χ0v) is 12.9. The standard InChI is InChI=1S/C12H11Cl3N2OS/c13-12(14,15)11(16-8-19)17-10(18)7-6-9-4-2-1-3-5-9/h1-5,11H,6-7H2,(H,17,18). The number of aryl methyl sites for hydroxylation is 1. The largest absolute Gasteiger partial charge is 0.330 e. The first-order valence-corrected chi connectivity index (χ1v) is 6.94. The van der Waals surface area contributed by atoms with E-state index in [-0.39, 0.29) is 12.3 Å². The maximum absolute atomic E-state index is 11.7. The van der Waals surface area contributed by atoms with E-state index in [2.05, 4.69) is 27.7 Å². The van der Waals surface area contributed by atoms with Crippen molar-refractivity contribution < 1.29 is 4.79 Å². The normalized spacial score (nSPS) is 12.4. The van der Waals surface area contributed by atoms with Gasteiger partial charge in [-0.25, -0.2) is 4.99 Å². The van der Waals surface area contributed by atoms with Gasteiger partial charge in [0, 0.05) is 6.42 Å². The van der Waals surface area contributed by atoms with Gasteiger partial charge in [0.15, 0.2) is 6.17 Å². The maximum Gasteiger partial charge on any atom is 0.231 e. The van der Waals surface area contributed by atoms with Gasteiger partial charge in [0.25, 0.3) is 0 Å². The minimum absolute atomic E-state index is 0.269. The van der Waals surface area contributed by atoms with Gasteiger partial charge in [-0.15, -0.1) is 0 Å². The molecule has 1 amide bonds. The lowest BCUT2D eigenvalue weighted by molar-refractivity contribution is -0.121. The van der Waals surface area contributed by atoms with Crippen LogP contribution in [0.3, 0.4) is 0 Å². The van der Waals surface area contributed by atoms with E-state index in [1.165, 1.54) is 0 Å². The van der Waals surface area contributed by atoms with Crippen LogP contribution in [0.4, 0.5) is 0 Å². The number of isothiocyanates is 1. The lowest BCUT2D eigenvalue weighted by Gasteiger charge is -2.20. The van der Waals surface area contributed by atoms with Crippen molar-refractivity contribution >= 4 is 58.1 Å². The molecule has 1 aromatic carbocycles. The molecule has 102 valence electrons. The number of amides is 1. The highest BCUT2D eigenvalue weighted by atomic mass is 35.6. The summed E-state index contributed by atoms with van der Waals surface area (Å²) in [5.41, 5.74) is 1.06. The molecule has 0 fully saturated rings. The van der Waals surface area contributed by atoms with Crippen LogP contribution >= 0.6 is 47.0 Å². The maximum atomic E-state index is 11.7. The van der Waals surface area contributed by atoms with Crippen molar-refractivity contribution in [2.75, 3.05) is 0 Å². The average molecular weight is 338 g/mol. The van der Waals surface area contributed by atoms with Gasteiger partial charge in [-0.1, -0.05) is 65.1 Å². The number of alkyl halides is 3. The molecule has 0 saturated carbocycles. The Morgan fingerprint density at radius 2 is 2.00 bits per heavy atom. The van der Waals surface area contributed by atoms with Crippen LogP contribution in [0.1, 0.15) is 12.0 Å². The molecule has 0 radical (unpaired) electrons. The van der Waals surface area contributed by atoms with Crippen molar-refractivity contribution in [1.29, 1.82) is 0 Å². The van der Waals surface area contributed by atoms with Crippen molar-refractivity contribution in [3.8, 4) is 0 Å². The zero-order valence-electron chi connectivity index (χ0n) is 9.78. The Labute approximate surface area is 131 Å². The summed E-state index contributed by atoms with van der Waals surface area (Å²) in [7, 11) is 0. The van der Waals surface area contributed by atoms with Crippen LogP contribution in [-0.4, -0.2) is 21.0 Å². The van der Waals surface area contributed by atoms with E-state index in [4.69, 9.17) is 34.8 Å². The van der Waals surface area contributed by atoms with Gasteiger partial charge in [0.1, 0.15) is 0 Å². The fourth-order valence-corrected chi connectivity index (χ4v) is 1.78. The Hall–Kier alpha value is -0.640. The molecular weight excluding hydrogens is 327 g/mol. The molecule has 1 aromatic rings. The molecule has 0 spiro atoms. The second-order valence-corrected chi connectivity index (χ2v) is 6.27. The number of thiocarbonyl (C=S) groups is 1. The molecule has 1 N–H and O–H groups in total. The van der Waals surface area contributed by atoms with E-state index >= 15 is 0 Å². The summed E-state index contributed by atoms with van der Waals surface area (Å²) in [6.45, 7) is 0. The number of hydrogen-bond acceptors (Lipinski definition) is 3. The molecule has 3 nitrogen and oxygen atoms in total. The first-order valence-electron chi connectivity index (χ1n) is 5.40. The number of nitrogens with one attached hydrogen (secondary N) is 1. The van der Waals surface area contributed by atoms with Crippen molar-refractivity contribution in [3.63, 3.8) is 0 Å². The van der Waals surface area contributed by atoms with E-state index in [0.29, 0.717) is 6.42 Å². The van der Waals surface area contributed by atoms with Crippen molar-refractivity contribution in [2.45, 2.75) is 22.8 Å². The molecule has 0 aliphatic rings. The molecule has 0 saturated heterocycles. The zero-order chi connectivity index (χ0) is 14.3. The Bertz CT molecular complexity index is 470. The minimum Gasteiger partial charge on any atom is -0.330 e. The minimum atomic E-state index is -1.76. The molecule has 0 bridgehead atoms. The van der Waals surface area contributed by atoms with Crippen LogP contribution in [0.2, 0.25) is 0 Å². The van der Waals surface area contributed by atoms with Gasteiger partial charge in [0.05, 0.1) is 5.16 Å². The Morgan fingerprint density at radius 3 is 2.53 bits per heavy atom. The SMILES string of the molecule is O=C(CCc1ccccc1)NC(N=C=S)C(Cl)(Cl)Cl. The van der Waals surface area contributed by atoms with Crippen LogP contribution in [-0.2, 0) is 11.2 Å². The predicted molar refractivity (Wildman–Crippen MR) is 82.0 cm³/mol. The summed E-state index contributed by atoms with van der Waals surface area (Å²) < 4.78 is -1.76. The fourth-order valence-electron chi connectivity index (χ4n) is 1.37. The second-order valence-electron chi connectivity index (χ2n) is 3.72. The second kappa shape index (κ2) is 7.83. The summed E-state index contributed by atoms with van der Waals surface area (Å²) in [6.07, 6.45) is -0.160. The number of rotatable bonds is 5. The van der Waals surface area contributed by atoms with Crippen LogP contribution in [0, 0.1) is 0 Å². The molecule has 0 aliphatic heterocycles. The summed E-state index contributed by atoms with van der Waals surface area (Å²) in [6, 6.07) is 9.61. The third-order valence-corrected chi connectivity index (χ3v) is 3.00. The van der Waals surface area contributed by atoms with Gasteiger partial charge in [0.2, 0.25) is 9.70 Å². The Balaban J connectivity index is 2.52. The third-order valence-electron chi connectivity index (χ3n) is 2.27. The van der Waals surface area contributed by atoms with E-state index in [1.807, 2.05) is 30.3 Å². The highest BCUT2D eigenvalue weighted by molar-refractivity contribution is 7.78. The summed E-state index contributed by atoms with van der Waals surface area (Å²) in [5, 5.41) is 4.59. The van der Waals surface area contributed by atoms with Crippen molar-refractivity contribution in [2.24, 2.45) is 4.99 Å². The monoisotopic (exact) mass is 336 g/mol. The van der Waals surface area contributed by atoms with E-state index in [9.17, 15) is 4.79 Å². The fraction of sp³-hybridized carbons (Fsp3) is 0.333. The predicted octanol–water partition coefficient (Wildman–Crippen LogP) is 3.53. The molecule has 0 heterocycles. The number of benzene rings is 1. The number of nitrogens with zero attached hydrogens (tertiary/aromatic N) is 1. The molecule has 1 rings (SSSR count). The van der Waals surface area contributed by atoms with Crippen LogP contribution in [0.15, 0.2) is 35.3 Å². The van der Waals surface area contributed by atoms with Gasteiger partial charge in [-0.2, -0.15) is 0 Å². The van der Waals surface area contributed by atoms with Crippen LogP contribution < -0.4 is 5.32 Å². The topological polar surface area (TPSA) is 41.5 Å². The van der Waals surface area contributed by atoms with E-state index < -0.39 is 9.96 Å². The molecule has 1 unspecified atom stereocenters. The van der Waals surface area contributed by atoms with Crippen LogP contribution in [0.25, 0.3) is 0 Å². The lowest BCUT2D eigenvalue weighted by Crippen LogP contribution is -2.42. The number of carbonyl (C=O) groups is 1. The Kier molecular flexibility index (Phi) is 6.76. The highest BCUT2D eigenvalue weighted by Crippen LogP contribution is 2.30. The molecule has 19 heavy (non-hydrogen) atoms. The lowest BCUT2D eigenvalue weighted by atomic mass is 10.1. The van der Waals surface area contributed by atoms with Gasteiger partial charge >= 0.3 is 0 Å². The number of halogens is 3. The van der Waals surface area contributed by atoms with Crippen LogP contribution in [0.5, 0.6) is 0 Å². The number of aliphatic imine (C=N–C) groups is 1. The molecule has 0 aliphatic carbocycles. The van der Waals surface area contributed by atoms with Gasteiger partial charge in [-0.05, 0) is 24.2 Å².